The summed E-state index contributed by atoms with van der Waals surface area (Å²) < 4.78 is 5.36. The molecule has 0 aliphatic rings. The Labute approximate surface area is 129 Å². The van der Waals surface area contributed by atoms with Crippen LogP contribution in [0.3, 0.4) is 0 Å². The zero-order chi connectivity index (χ0) is 13.3. The molecule has 0 fully saturated rings. The van der Waals surface area contributed by atoms with Gasteiger partial charge in [-0.1, -0.05) is 26.7 Å². The summed E-state index contributed by atoms with van der Waals surface area (Å²) in [7, 11) is 3.52. The summed E-state index contributed by atoms with van der Waals surface area (Å²) in [5, 5.41) is 6.63. The molecular formula is C13H30IN3O. The van der Waals surface area contributed by atoms with Crippen molar-refractivity contribution in [3.8, 4) is 0 Å². The lowest BCUT2D eigenvalue weighted by molar-refractivity contribution is 0.0268. The van der Waals surface area contributed by atoms with Crippen molar-refractivity contribution < 1.29 is 4.74 Å². The third-order valence-corrected chi connectivity index (χ3v) is 3.17. The number of hydrogen-bond acceptors (Lipinski definition) is 2. The first-order valence-electron chi connectivity index (χ1n) is 6.48. The summed E-state index contributed by atoms with van der Waals surface area (Å²) in [5.74, 6) is 1.56. The number of methoxy groups -OCH3 is 1. The van der Waals surface area contributed by atoms with Crippen molar-refractivity contribution in [2.24, 2.45) is 10.9 Å². The molecule has 110 valence electrons. The van der Waals surface area contributed by atoms with Crippen molar-refractivity contribution in [1.82, 2.24) is 10.6 Å². The Morgan fingerprint density at radius 3 is 2.17 bits per heavy atom. The van der Waals surface area contributed by atoms with Gasteiger partial charge in [-0.3, -0.25) is 4.99 Å². The predicted molar refractivity (Wildman–Crippen MR) is 89.9 cm³/mol. The van der Waals surface area contributed by atoms with Gasteiger partial charge in [-0.2, -0.15) is 0 Å². The fourth-order valence-corrected chi connectivity index (χ4v) is 1.41. The van der Waals surface area contributed by atoms with E-state index in [0.717, 1.165) is 19.0 Å². The highest BCUT2D eigenvalue weighted by Gasteiger charge is 2.16. The van der Waals surface area contributed by atoms with Gasteiger partial charge in [-0.25, -0.2) is 0 Å². The Morgan fingerprint density at radius 2 is 1.78 bits per heavy atom. The molecule has 0 aromatic carbocycles. The summed E-state index contributed by atoms with van der Waals surface area (Å²) >= 11 is 0. The summed E-state index contributed by atoms with van der Waals surface area (Å²) in [6, 6.07) is 0. The highest BCUT2D eigenvalue weighted by atomic mass is 127. The van der Waals surface area contributed by atoms with Crippen LogP contribution in [0.25, 0.3) is 0 Å². The second-order valence-electron chi connectivity index (χ2n) is 4.95. The van der Waals surface area contributed by atoms with Crippen molar-refractivity contribution in [2.45, 2.75) is 46.1 Å². The third-order valence-electron chi connectivity index (χ3n) is 3.17. The number of nitrogens with zero attached hydrogens (tertiary/aromatic N) is 1. The van der Waals surface area contributed by atoms with Crippen molar-refractivity contribution in [1.29, 1.82) is 0 Å². The van der Waals surface area contributed by atoms with E-state index in [1.165, 1.54) is 12.8 Å². The maximum absolute atomic E-state index is 5.36. The van der Waals surface area contributed by atoms with Crippen LogP contribution in [0.2, 0.25) is 0 Å². The van der Waals surface area contributed by atoms with Gasteiger partial charge >= 0.3 is 0 Å². The standard InChI is InChI=1S/C13H29N3O.HI/c1-7-11(8-2)9-15-12(14-5)16-10-13(3,4)17-6;/h11H,7-10H2,1-6H3,(H2,14,15,16);1H. The summed E-state index contributed by atoms with van der Waals surface area (Å²) in [6.07, 6.45) is 2.40. The van der Waals surface area contributed by atoms with Crippen LogP contribution in [0.15, 0.2) is 4.99 Å². The fourth-order valence-electron chi connectivity index (χ4n) is 1.41. The fraction of sp³-hybridized carbons (Fsp3) is 0.923. The second-order valence-corrected chi connectivity index (χ2v) is 4.95. The van der Waals surface area contributed by atoms with E-state index < -0.39 is 0 Å². The number of ether oxygens (including phenoxy) is 1. The van der Waals surface area contributed by atoms with E-state index in [1.54, 1.807) is 14.2 Å². The van der Waals surface area contributed by atoms with Crippen molar-refractivity contribution in [3.63, 3.8) is 0 Å². The average molecular weight is 371 g/mol. The number of halogens is 1. The lowest BCUT2D eigenvalue weighted by Gasteiger charge is -2.25. The lowest BCUT2D eigenvalue weighted by atomic mass is 10.0. The van der Waals surface area contributed by atoms with Crippen LogP contribution in [-0.4, -0.2) is 38.8 Å². The number of aliphatic imine (C=N–C) groups is 1. The van der Waals surface area contributed by atoms with Crippen LogP contribution < -0.4 is 10.6 Å². The highest BCUT2D eigenvalue weighted by molar-refractivity contribution is 14.0. The van der Waals surface area contributed by atoms with Gasteiger partial charge in [0.25, 0.3) is 0 Å². The summed E-state index contributed by atoms with van der Waals surface area (Å²) in [5.41, 5.74) is -0.174. The Balaban J connectivity index is 0. The van der Waals surface area contributed by atoms with Crippen molar-refractivity contribution >= 4 is 29.9 Å². The van der Waals surface area contributed by atoms with Gasteiger partial charge in [-0.05, 0) is 19.8 Å². The van der Waals surface area contributed by atoms with Crippen LogP contribution in [0.4, 0.5) is 0 Å². The molecule has 18 heavy (non-hydrogen) atoms. The molecule has 0 saturated carbocycles. The van der Waals surface area contributed by atoms with Crippen LogP contribution >= 0.6 is 24.0 Å². The highest BCUT2D eigenvalue weighted by Crippen LogP contribution is 2.06. The summed E-state index contributed by atoms with van der Waals surface area (Å²) in [4.78, 5) is 4.20. The molecule has 0 amide bonds. The number of nitrogens with one attached hydrogen (secondary N) is 2. The minimum atomic E-state index is -0.174. The Hall–Kier alpha value is -0.0400. The average Bonchev–Trinajstić information content (AvgIpc) is 2.34. The SMILES string of the molecule is CCC(CC)CNC(=NC)NCC(C)(C)OC.I. The molecule has 2 N–H and O–H groups in total. The van der Waals surface area contributed by atoms with Gasteiger partial charge in [0.1, 0.15) is 0 Å². The minimum Gasteiger partial charge on any atom is -0.377 e. The van der Waals surface area contributed by atoms with E-state index in [-0.39, 0.29) is 29.6 Å². The van der Waals surface area contributed by atoms with E-state index in [1.807, 2.05) is 13.8 Å². The van der Waals surface area contributed by atoms with Gasteiger partial charge in [0, 0.05) is 27.2 Å². The van der Waals surface area contributed by atoms with Crippen molar-refractivity contribution in [2.75, 3.05) is 27.2 Å². The molecule has 0 spiro atoms. The Bertz CT molecular complexity index is 228. The van der Waals surface area contributed by atoms with Gasteiger partial charge < -0.3 is 15.4 Å². The number of rotatable bonds is 7. The van der Waals surface area contributed by atoms with Crippen LogP contribution in [0.5, 0.6) is 0 Å². The topological polar surface area (TPSA) is 45.7 Å². The van der Waals surface area contributed by atoms with E-state index in [9.17, 15) is 0 Å². The predicted octanol–water partition coefficient (Wildman–Crippen LogP) is 2.63. The van der Waals surface area contributed by atoms with Crippen LogP contribution in [-0.2, 0) is 4.74 Å². The first-order valence-corrected chi connectivity index (χ1v) is 6.48. The molecule has 4 nitrogen and oxygen atoms in total. The smallest absolute Gasteiger partial charge is 0.191 e. The van der Waals surface area contributed by atoms with Gasteiger partial charge in [0.2, 0.25) is 0 Å². The maximum Gasteiger partial charge on any atom is 0.191 e. The lowest BCUT2D eigenvalue weighted by Crippen LogP contribution is -2.46. The molecule has 5 heteroatoms. The Morgan fingerprint density at radius 1 is 1.22 bits per heavy atom. The molecule has 0 rings (SSSR count). The minimum absolute atomic E-state index is 0. The molecule has 0 aliphatic carbocycles. The monoisotopic (exact) mass is 371 g/mol. The van der Waals surface area contributed by atoms with Gasteiger partial charge in [-0.15, -0.1) is 24.0 Å². The maximum atomic E-state index is 5.36. The number of guanidine groups is 1. The van der Waals surface area contributed by atoms with Crippen molar-refractivity contribution in [3.05, 3.63) is 0 Å². The largest absolute Gasteiger partial charge is 0.377 e. The third kappa shape index (κ3) is 8.97. The molecule has 0 aliphatic heterocycles. The molecule has 0 heterocycles. The molecule has 0 aromatic heterocycles. The normalized spacial score (nSPS) is 12.3. The Kier molecular flexibility index (Phi) is 12.2. The van der Waals surface area contributed by atoms with E-state index in [0.29, 0.717) is 5.92 Å². The molecule has 0 atom stereocenters. The second kappa shape index (κ2) is 10.8. The van der Waals surface area contributed by atoms with E-state index >= 15 is 0 Å². The quantitative estimate of drug-likeness (QED) is 0.411. The van der Waals surface area contributed by atoms with Crippen LogP contribution in [0.1, 0.15) is 40.5 Å². The zero-order valence-electron chi connectivity index (χ0n) is 12.7. The van der Waals surface area contributed by atoms with E-state index in [4.69, 9.17) is 4.74 Å². The van der Waals surface area contributed by atoms with Gasteiger partial charge in [0.15, 0.2) is 5.96 Å². The van der Waals surface area contributed by atoms with Crippen LogP contribution in [0, 0.1) is 5.92 Å². The molecule has 0 bridgehead atoms. The molecule has 0 aromatic rings. The number of hydrogen-bond donors (Lipinski definition) is 2. The first kappa shape index (κ1) is 20.3. The zero-order valence-corrected chi connectivity index (χ0v) is 15.0. The molecule has 0 saturated heterocycles. The molecule has 0 radical (unpaired) electrons. The summed E-state index contributed by atoms with van der Waals surface area (Å²) in [6.45, 7) is 10.3. The molecule has 0 unspecified atom stereocenters. The first-order chi connectivity index (χ1) is 7.99. The van der Waals surface area contributed by atoms with E-state index in [2.05, 4.69) is 29.5 Å². The molecular weight excluding hydrogens is 341 g/mol. The van der Waals surface area contributed by atoms with Gasteiger partial charge in [0.05, 0.1) is 5.60 Å².